The van der Waals surface area contributed by atoms with Crippen molar-refractivity contribution < 1.29 is 14.3 Å². The Morgan fingerprint density at radius 2 is 2.00 bits per heavy atom. The number of ether oxygens (including phenoxy) is 1. The van der Waals surface area contributed by atoms with Crippen LogP contribution in [0.25, 0.3) is 5.65 Å². The number of nitrogens with zero attached hydrogens (tertiary/aromatic N) is 5. The van der Waals surface area contributed by atoms with Crippen molar-refractivity contribution in [2.45, 2.75) is 26.9 Å². The Kier molecular flexibility index (Phi) is 5.48. The van der Waals surface area contributed by atoms with Gasteiger partial charge in [0.05, 0.1) is 5.69 Å². The maximum absolute atomic E-state index is 12.5. The van der Waals surface area contributed by atoms with Crippen molar-refractivity contribution in [3.05, 3.63) is 69.6 Å². The molecule has 0 aliphatic carbocycles. The first kappa shape index (κ1) is 19.6. The molecular formula is C20H18N6O3S. The topological polar surface area (TPSA) is 111 Å². The third-order valence-electron chi connectivity index (χ3n) is 4.38. The molecule has 4 aromatic rings. The van der Waals surface area contributed by atoms with E-state index in [1.54, 1.807) is 25.4 Å². The molecule has 0 saturated heterocycles. The predicted molar refractivity (Wildman–Crippen MR) is 111 cm³/mol. The molecular weight excluding hydrogens is 404 g/mol. The minimum Gasteiger partial charge on any atom is -0.454 e. The lowest BCUT2D eigenvalue weighted by molar-refractivity contribution is 0.0473. The van der Waals surface area contributed by atoms with E-state index in [0.717, 1.165) is 17.8 Å². The zero-order valence-corrected chi connectivity index (χ0v) is 17.1. The van der Waals surface area contributed by atoms with Crippen LogP contribution in [0.4, 0.5) is 5.69 Å². The number of aryl methyl sites for hydroxylation is 2. The van der Waals surface area contributed by atoms with Crippen LogP contribution in [0.5, 0.6) is 0 Å². The number of amides is 1. The smallest absolute Gasteiger partial charge is 0.344 e. The van der Waals surface area contributed by atoms with Crippen molar-refractivity contribution in [3.8, 4) is 0 Å². The number of hydrogen-bond acceptors (Lipinski definition) is 8. The first-order valence-electron chi connectivity index (χ1n) is 9.25. The van der Waals surface area contributed by atoms with E-state index < -0.39 is 5.97 Å². The van der Waals surface area contributed by atoms with Gasteiger partial charge in [0.1, 0.15) is 12.2 Å². The number of benzene rings is 1. The van der Waals surface area contributed by atoms with Crippen LogP contribution in [0.15, 0.2) is 42.7 Å². The molecule has 0 bridgehead atoms. The second kappa shape index (κ2) is 8.37. The summed E-state index contributed by atoms with van der Waals surface area (Å²) in [6, 6.07) is 9.32. The van der Waals surface area contributed by atoms with Crippen LogP contribution < -0.4 is 5.32 Å². The minimum atomic E-state index is -0.557. The van der Waals surface area contributed by atoms with Crippen molar-refractivity contribution in [2.24, 2.45) is 0 Å². The lowest BCUT2D eigenvalue weighted by Gasteiger charge is -2.03. The molecule has 1 aromatic carbocycles. The Hall–Kier alpha value is -3.66. The van der Waals surface area contributed by atoms with Crippen LogP contribution in [0.2, 0.25) is 0 Å². The lowest BCUT2D eigenvalue weighted by atomic mass is 10.1. The SMILES string of the molecule is CCc1ccc(NC(=O)c2nnc(COC(=O)c3c(C)nn4cccnc34)s2)cc1. The summed E-state index contributed by atoms with van der Waals surface area (Å²) in [6.45, 7) is 3.68. The number of carbonyl (C=O) groups is 2. The Morgan fingerprint density at radius 1 is 1.20 bits per heavy atom. The summed E-state index contributed by atoms with van der Waals surface area (Å²) in [6.07, 6.45) is 4.22. The summed E-state index contributed by atoms with van der Waals surface area (Å²) < 4.78 is 6.86. The highest BCUT2D eigenvalue weighted by atomic mass is 32.1. The van der Waals surface area contributed by atoms with Gasteiger partial charge < -0.3 is 10.1 Å². The van der Waals surface area contributed by atoms with E-state index >= 15 is 0 Å². The van der Waals surface area contributed by atoms with Gasteiger partial charge in [0.2, 0.25) is 5.01 Å². The van der Waals surface area contributed by atoms with Crippen molar-refractivity contribution in [1.82, 2.24) is 24.8 Å². The zero-order chi connectivity index (χ0) is 21.1. The van der Waals surface area contributed by atoms with Crippen LogP contribution in [-0.4, -0.2) is 36.7 Å². The molecule has 1 N–H and O–H groups in total. The van der Waals surface area contributed by atoms with E-state index in [9.17, 15) is 9.59 Å². The summed E-state index contributed by atoms with van der Waals surface area (Å²) in [5.74, 6) is -0.921. The van der Waals surface area contributed by atoms with Gasteiger partial charge in [0.15, 0.2) is 10.7 Å². The number of anilines is 1. The number of carbonyl (C=O) groups excluding carboxylic acids is 2. The summed E-state index contributed by atoms with van der Waals surface area (Å²) in [4.78, 5) is 29.1. The average Bonchev–Trinajstić information content (AvgIpc) is 3.36. The Balaban J connectivity index is 1.39. The highest BCUT2D eigenvalue weighted by Crippen LogP contribution is 2.18. The molecule has 3 heterocycles. The van der Waals surface area contributed by atoms with E-state index in [0.29, 0.717) is 27.6 Å². The fourth-order valence-corrected chi connectivity index (χ4v) is 3.50. The molecule has 0 atom stereocenters. The summed E-state index contributed by atoms with van der Waals surface area (Å²) >= 11 is 1.07. The second-order valence-corrected chi connectivity index (χ2v) is 7.49. The van der Waals surface area contributed by atoms with Crippen LogP contribution in [0.1, 0.15) is 43.3 Å². The minimum absolute atomic E-state index is 0.0986. The van der Waals surface area contributed by atoms with Gasteiger partial charge in [-0.25, -0.2) is 14.3 Å². The number of fused-ring (bicyclic) bond motifs is 1. The number of nitrogens with one attached hydrogen (secondary N) is 1. The molecule has 0 aliphatic heterocycles. The van der Waals surface area contributed by atoms with Gasteiger partial charge in [-0.15, -0.1) is 10.2 Å². The standard InChI is InChI=1S/C20H18N6O3S/c1-3-13-5-7-14(8-6-13)22-18(27)19-24-23-15(30-19)11-29-20(28)16-12(2)25-26-10-4-9-21-17(16)26/h4-10H,3,11H2,1-2H3,(H,22,27). The summed E-state index contributed by atoms with van der Waals surface area (Å²) in [7, 11) is 0. The van der Waals surface area contributed by atoms with E-state index in [4.69, 9.17) is 4.74 Å². The molecule has 0 saturated carbocycles. The first-order chi connectivity index (χ1) is 14.5. The lowest BCUT2D eigenvalue weighted by Crippen LogP contribution is -2.11. The summed E-state index contributed by atoms with van der Waals surface area (Å²) in [5, 5.41) is 15.5. The van der Waals surface area contributed by atoms with Gasteiger partial charge in [-0.3, -0.25) is 4.79 Å². The van der Waals surface area contributed by atoms with E-state index in [2.05, 4.69) is 32.5 Å². The van der Waals surface area contributed by atoms with Gasteiger partial charge in [0.25, 0.3) is 5.91 Å². The van der Waals surface area contributed by atoms with E-state index in [-0.39, 0.29) is 17.5 Å². The molecule has 152 valence electrons. The highest BCUT2D eigenvalue weighted by Gasteiger charge is 2.21. The fraction of sp³-hybridized carbons (Fsp3) is 0.200. The fourth-order valence-electron chi connectivity index (χ4n) is 2.85. The molecule has 4 rings (SSSR count). The highest BCUT2D eigenvalue weighted by molar-refractivity contribution is 7.13. The van der Waals surface area contributed by atoms with Gasteiger partial charge in [-0.1, -0.05) is 30.4 Å². The number of hydrogen-bond donors (Lipinski definition) is 1. The van der Waals surface area contributed by atoms with Crippen molar-refractivity contribution in [2.75, 3.05) is 5.32 Å². The second-order valence-electron chi connectivity index (χ2n) is 6.43. The van der Waals surface area contributed by atoms with Gasteiger partial charge >= 0.3 is 5.97 Å². The molecule has 9 nitrogen and oxygen atoms in total. The van der Waals surface area contributed by atoms with Gasteiger partial charge in [0, 0.05) is 18.1 Å². The molecule has 10 heteroatoms. The number of rotatable bonds is 6. The van der Waals surface area contributed by atoms with Crippen LogP contribution in [0, 0.1) is 6.92 Å². The molecule has 1 amide bonds. The van der Waals surface area contributed by atoms with Crippen molar-refractivity contribution in [3.63, 3.8) is 0 Å². The van der Waals surface area contributed by atoms with E-state index in [1.807, 2.05) is 24.3 Å². The summed E-state index contributed by atoms with van der Waals surface area (Å²) in [5.41, 5.74) is 3.10. The number of aromatic nitrogens is 5. The Bertz CT molecular complexity index is 1210. The molecule has 30 heavy (non-hydrogen) atoms. The Morgan fingerprint density at radius 3 is 2.77 bits per heavy atom. The monoisotopic (exact) mass is 422 g/mol. The maximum atomic E-state index is 12.5. The maximum Gasteiger partial charge on any atom is 0.344 e. The molecule has 0 aliphatic rings. The average molecular weight is 422 g/mol. The van der Waals surface area contributed by atoms with Crippen molar-refractivity contribution >= 4 is 34.5 Å². The molecule has 0 unspecified atom stereocenters. The van der Waals surface area contributed by atoms with Gasteiger partial charge in [-0.05, 0) is 37.1 Å². The molecule has 0 fully saturated rings. The molecule has 0 spiro atoms. The van der Waals surface area contributed by atoms with Crippen LogP contribution in [0.3, 0.4) is 0 Å². The van der Waals surface area contributed by atoms with Gasteiger partial charge in [-0.2, -0.15) is 5.10 Å². The largest absolute Gasteiger partial charge is 0.454 e. The third kappa shape index (κ3) is 4.03. The van der Waals surface area contributed by atoms with E-state index in [1.165, 1.54) is 10.1 Å². The first-order valence-corrected chi connectivity index (χ1v) is 10.1. The molecule has 3 aromatic heterocycles. The predicted octanol–water partition coefficient (Wildman–Crippen LogP) is 3.06. The quantitative estimate of drug-likeness (QED) is 0.475. The number of esters is 1. The normalized spacial score (nSPS) is 10.9. The zero-order valence-electron chi connectivity index (χ0n) is 16.3. The van der Waals surface area contributed by atoms with Crippen LogP contribution >= 0.6 is 11.3 Å². The third-order valence-corrected chi connectivity index (χ3v) is 5.28. The molecule has 0 radical (unpaired) electrons. The van der Waals surface area contributed by atoms with Crippen LogP contribution in [-0.2, 0) is 17.8 Å². The van der Waals surface area contributed by atoms with Crippen molar-refractivity contribution in [1.29, 1.82) is 0 Å². The Labute approximate surface area is 175 Å².